The number of carbonyl (C=O) groups excluding carboxylic acids is 4. The second-order valence-electron chi connectivity index (χ2n) is 15.7. The summed E-state index contributed by atoms with van der Waals surface area (Å²) in [5.74, 6) is 1.84. The lowest BCUT2D eigenvalue weighted by Crippen LogP contribution is -2.57. The zero-order valence-corrected chi connectivity index (χ0v) is 29.2. The number of rotatable bonds is 14. The van der Waals surface area contributed by atoms with Crippen LogP contribution in [0.15, 0.2) is 12.1 Å². The lowest BCUT2D eigenvalue weighted by molar-refractivity contribution is -0.159. The van der Waals surface area contributed by atoms with Crippen molar-refractivity contribution in [3.63, 3.8) is 0 Å². The maximum Gasteiger partial charge on any atom is 0.303 e. The van der Waals surface area contributed by atoms with Crippen LogP contribution in [0.25, 0.3) is 0 Å². The first kappa shape index (κ1) is 35.0. The highest BCUT2D eigenvalue weighted by Crippen LogP contribution is 2.67. The number of Topliss-reactive ketones (excluding diaryl/α,β-unsaturated/α-hetero) is 3. The summed E-state index contributed by atoms with van der Waals surface area (Å²) in [4.78, 5) is 64.6. The predicted molar refractivity (Wildman–Crippen MR) is 180 cm³/mol. The maximum atomic E-state index is 13.7. The van der Waals surface area contributed by atoms with Crippen LogP contribution in [-0.4, -0.2) is 34.3 Å². The number of carboxylic acid groups (broad SMARTS) is 1. The molecule has 0 radical (unpaired) electrons. The van der Waals surface area contributed by atoms with Crippen molar-refractivity contribution in [1.29, 1.82) is 0 Å². The summed E-state index contributed by atoms with van der Waals surface area (Å²) < 4.78 is 0. The largest absolute Gasteiger partial charge is 0.481 e. The Morgan fingerprint density at radius 3 is 2.39 bits per heavy atom. The lowest BCUT2D eigenvalue weighted by atomic mass is 9.44. The van der Waals surface area contributed by atoms with Gasteiger partial charge in [-0.2, -0.15) is 0 Å². The average molecular weight is 654 g/mol. The Hall–Kier alpha value is -2.35. The zero-order chi connectivity index (χ0) is 33.2. The minimum absolute atomic E-state index is 0.0543. The highest BCUT2D eigenvalue weighted by atomic mass is 32.1. The SMILES string of the molecule is CC[C@@H](NC(=O)C[C@@H](C)[C@H]1CC[C@H]2[C@@H]3C(=O)C[C@@H]4CC(=O)CC[C@]4(C)[C@H]3CC[C@]12C)c1ccc(C(=O)CCCCCCC(=O)O)s1. The Balaban J connectivity index is 1.15. The van der Waals surface area contributed by atoms with E-state index < -0.39 is 5.97 Å². The quantitative estimate of drug-likeness (QED) is 0.154. The van der Waals surface area contributed by atoms with Gasteiger partial charge in [0.15, 0.2) is 5.78 Å². The maximum absolute atomic E-state index is 13.7. The number of carboxylic acids is 1. The van der Waals surface area contributed by atoms with Crippen LogP contribution in [0.2, 0.25) is 0 Å². The van der Waals surface area contributed by atoms with Crippen molar-refractivity contribution < 1.29 is 29.1 Å². The molecule has 1 aromatic heterocycles. The zero-order valence-electron chi connectivity index (χ0n) is 28.4. The van der Waals surface area contributed by atoms with Gasteiger partial charge in [-0.1, -0.05) is 40.5 Å². The Labute approximate surface area is 279 Å². The summed E-state index contributed by atoms with van der Waals surface area (Å²) in [6.07, 6.45) is 12.0. The lowest BCUT2D eigenvalue weighted by Gasteiger charge is -2.59. The molecule has 4 saturated carbocycles. The van der Waals surface area contributed by atoms with E-state index in [4.69, 9.17) is 5.11 Å². The molecule has 46 heavy (non-hydrogen) atoms. The third kappa shape index (κ3) is 7.07. The van der Waals surface area contributed by atoms with Gasteiger partial charge in [0.05, 0.1) is 10.9 Å². The smallest absolute Gasteiger partial charge is 0.303 e. The Kier molecular flexibility index (Phi) is 11.0. The molecule has 0 spiro atoms. The van der Waals surface area contributed by atoms with Gasteiger partial charge in [0, 0.05) is 49.3 Å². The fourth-order valence-corrected chi connectivity index (χ4v) is 11.6. The molecule has 2 N–H and O–H groups in total. The molecule has 254 valence electrons. The van der Waals surface area contributed by atoms with Crippen LogP contribution < -0.4 is 5.32 Å². The molecule has 8 heteroatoms. The molecular weight excluding hydrogens is 598 g/mol. The van der Waals surface area contributed by atoms with Gasteiger partial charge in [0.25, 0.3) is 0 Å². The first-order valence-electron chi connectivity index (χ1n) is 18.1. The summed E-state index contributed by atoms with van der Waals surface area (Å²) in [6.45, 7) is 9.06. The summed E-state index contributed by atoms with van der Waals surface area (Å²) in [5.41, 5.74) is 0.162. The molecule has 4 aliphatic rings. The van der Waals surface area contributed by atoms with Crippen LogP contribution in [0.5, 0.6) is 0 Å². The van der Waals surface area contributed by atoms with Crippen LogP contribution in [-0.2, 0) is 19.2 Å². The molecule has 0 unspecified atom stereocenters. The highest BCUT2D eigenvalue weighted by Gasteiger charge is 2.63. The molecule has 1 aromatic rings. The molecule has 9 atom stereocenters. The van der Waals surface area contributed by atoms with E-state index in [0.717, 1.165) is 67.5 Å². The van der Waals surface area contributed by atoms with Crippen LogP contribution in [0, 0.1) is 46.3 Å². The fraction of sp³-hybridized carbons (Fsp3) is 0.763. The van der Waals surface area contributed by atoms with Gasteiger partial charge in [0.1, 0.15) is 11.6 Å². The highest BCUT2D eigenvalue weighted by molar-refractivity contribution is 7.14. The van der Waals surface area contributed by atoms with Gasteiger partial charge in [-0.15, -0.1) is 11.3 Å². The van der Waals surface area contributed by atoms with Gasteiger partial charge in [-0.3, -0.25) is 24.0 Å². The van der Waals surface area contributed by atoms with Gasteiger partial charge >= 0.3 is 5.97 Å². The van der Waals surface area contributed by atoms with Crippen LogP contribution in [0.3, 0.4) is 0 Å². The molecule has 0 aromatic carbocycles. The monoisotopic (exact) mass is 653 g/mol. The minimum atomic E-state index is -0.775. The van der Waals surface area contributed by atoms with Crippen molar-refractivity contribution in [1.82, 2.24) is 5.32 Å². The third-order valence-corrected chi connectivity index (χ3v) is 14.3. The molecule has 4 fully saturated rings. The van der Waals surface area contributed by atoms with Crippen LogP contribution in [0.4, 0.5) is 0 Å². The number of hydrogen-bond acceptors (Lipinski definition) is 6. The van der Waals surface area contributed by atoms with E-state index in [0.29, 0.717) is 67.8 Å². The van der Waals surface area contributed by atoms with E-state index in [1.807, 2.05) is 12.1 Å². The van der Waals surface area contributed by atoms with Crippen molar-refractivity contribution in [2.24, 2.45) is 46.3 Å². The fourth-order valence-electron chi connectivity index (χ4n) is 10.5. The van der Waals surface area contributed by atoms with E-state index in [9.17, 15) is 24.0 Å². The standard InChI is InChI=1S/C38H55NO6S/c1-5-29(32-14-15-33(46-32)30(41)10-8-6-7-9-11-35(44)45)39-34(43)20-23(2)26-12-13-27-36-28(17-19-38(26,27)4)37(3)18-16-25(40)21-24(37)22-31(36)42/h14-15,23-24,26-29,36H,5-13,16-22H2,1-4H3,(H,39,43)(H,44,45)/t23-,24+,26-,27+,28+,29-,36+,37+,38-/m1/s1. The number of carbonyl (C=O) groups is 5. The first-order valence-corrected chi connectivity index (χ1v) is 18.9. The number of amides is 1. The Morgan fingerprint density at radius 2 is 1.67 bits per heavy atom. The van der Waals surface area contributed by atoms with Gasteiger partial charge in [-0.25, -0.2) is 0 Å². The predicted octanol–water partition coefficient (Wildman–Crippen LogP) is 8.36. The second-order valence-corrected chi connectivity index (χ2v) is 16.8. The van der Waals surface area contributed by atoms with Crippen molar-refractivity contribution in [3.05, 3.63) is 21.9 Å². The normalized spacial score (nSPS) is 33.4. The Bertz CT molecular complexity index is 1320. The molecule has 0 bridgehead atoms. The van der Waals surface area contributed by atoms with Gasteiger partial charge in [-0.05, 0) is 104 Å². The summed E-state index contributed by atoms with van der Waals surface area (Å²) in [6, 6.07) is 3.72. The number of thiophene rings is 1. The van der Waals surface area contributed by atoms with E-state index in [-0.39, 0.29) is 52.7 Å². The minimum Gasteiger partial charge on any atom is -0.481 e. The molecule has 0 aliphatic heterocycles. The number of fused-ring (bicyclic) bond motifs is 5. The summed E-state index contributed by atoms with van der Waals surface area (Å²) >= 11 is 1.47. The van der Waals surface area contributed by atoms with E-state index in [1.165, 1.54) is 11.3 Å². The molecule has 1 amide bonds. The average Bonchev–Trinajstić information content (AvgIpc) is 3.63. The van der Waals surface area contributed by atoms with Crippen LogP contribution in [0.1, 0.15) is 151 Å². The van der Waals surface area contributed by atoms with Gasteiger partial charge in [0.2, 0.25) is 5.91 Å². The van der Waals surface area contributed by atoms with Gasteiger partial charge < -0.3 is 10.4 Å². The molecule has 0 saturated heterocycles. The van der Waals surface area contributed by atoms with Crippen molar-refractivity contribution >= 4 is 40.6 Å². The molecule has 5 rings (SSSR count). The van der Waals surface area contributed by atoms with E-state index in [2.05, 4.69) is 33.0 Å². The summed E-state index contributed by atoms with van der Waals surface area (Å²) in [7, 11) is 0. The van der Waals surface area contributed by atoms with Crippen molar-refractivity contribution in [3.8, 4) is 0 Å². The third-order valence-electron chi connectivity index (χ3n) is 13.1. The second kappa shape index (κ2) is 14.4. The molecule has 4 aliphatic carbocycles. The number of hydrogen-bond donors (Lipinski definition) is 2. The first-order chi connectivity index (χ1) is 21.9. The topological polar surface area (TPSA) is 118 Å². The number of aliphatic carboxylic acids is 1. The number of ketones is 3. The number of nitrogens with one attached hydrogen (secondary N) is 1. The van der Waals surface area contributed by atoms with E-state index in [1.54, 1.807) is 0 Å². The van der Waals surface area contributed by atoms with Crippen LogP contribution >= 0.6 is 11.3 Å². The summed E-state index contributed by atoms with van der Waals surface area (Å²) in [5, 5.41) is 12.0. The van der Waals surface area contributed by atoms with Crippen molar-refractivity contribution in [2.45, 2.75) is 136 Å². The Morgan fingerprint density at radius 1 is 0.957 bits per heavy atom. The molecule has 1 heterocycles. The molecular formula is C38H55NO6S. The molecule has 7 nitrogen and oxygen atoms in total. The van der Waals surface area contributed by atoms with E-state index >= 15 is 0 Å². The number of unbranched alkanes of at least 4 members (excludes halogenated alkanes) is 3. The van der Waals surface area contributed by atoms with Crippen molar-refractivity contribution in [2.75, 3.05) is 0 Å².